The Morgan fingerprint density at radius 1 is 1.29 bits per heavy atom. The molecule has 1 aromatic carbocycles. The highest BCUT2D eigenvalue weighted by molar-refractivity contribution is 5.70. The smallest absolute Gasteiger partial charge is 0.307 e. The molecule has 0 aliphatic rings. The molecular weight excluding hydrogens is 218 g/mol. The minimum Gasteiger partial charge on any atom is -0.497 e. The maximum absolute atomic E-state index is 11.2. The number of nitrogens with two attached hydrogens (primary N) is 1. The first-order chi connectivity index (χ1) is 7.96. The third-order valence-electron chi connectivity index (χ3n) is 2.54. The number of hydrogen-bond donors (Lipinski definition) is 1. The van der Waals surface area contributed by atoms with Crippen LogP contribution in [0.5, 0.6) is 5.75 Å². The number of carbonyl (C=O) groups excluding carboxylic acids is 1. The Balaban J connectivity index is 2.65. The third kappa shape index (κ3) is 4.44. The largest absolute Gasteiger partial charge is 0.497 e. The minimum absolute atomic E-state index is 0.204. The van der Waals surface area contributed by atoms with E-state index in [1.54, 1.807) is 7.11 Å². The van der Waals surface area contributed by atoms with Gasteiger partial charge in [-0.25, -0.2) is 0 Å². The second-order valence-electron chi connectivity index (χ2n) is 4.43. The summed E-state index contributed by atoms with van der Waals surface area (Å²) in [4.78, 5) is 11.2. The summed E-state index contributed by atoms with van der Waals surface area (Å²) in [6, 6.07) is 7.65. The zero-order valence-electron chi connectivity index (χ0n) is 10.5. The Labute approximate surface area is 102 Å². The lowest BCUT2D eigenvalue weighted by Gasteiger charge is -2.23. The van der Waals surface area contributed by atoms with Gasteiger partial charge in [0, 0.05) is 5.54 Å². The average molecular weight is 237 g/mol. The molecule has 4 heteroatoms. The van der Waals surface area contributed by atoms with Gasteiger partial charge in [0.1, 0.15) is 5.75 Å². The third-order valence-corrected chi connectivity index (χ3v) is 2.54. The van der Waals surface area contributed by atoms with Crippen LogP contribution in [-0.2, 0) is 16.0 Å². The fraction of sp³-hybridized carbons (Fsp3) is 0.462. The van der Waals surface area contributed by atoms with E-state index in [0.717, 1.165) is 11.3 Å². The fourth-order valence-corrected chi connectivity index (χ4v) is 1.67. The van der Waals surface area contributed by atoms with Crippen LogP contribution < -0.4 is 10.5 Å². The molecule has 0 saturated carbocycles. The number of carbonyl (C=O) groups is 1. The van der Waals surface area contributed by atoms with Gasteiger partial charge in [-0.1, -0.05) is 12.1 Å². The molecule has 0 fully saturated rings. The summed E-state index contributed by atoms with van der Waals surface area (Å²) in [6.45, 7) is 1.84. The molecule has 1 atom stereocenters. The Bertz CT molecular complexity index is 371. The van der Waals surface area contributed by atoms with Gasteiger partial charge in [-0.2, -0.15) is 0 Å². The summed E-state index contributed by atoms with van der Waals surface area (Å²) in [5.41, 5.74) is 6.54. The number of methoxy groups -OCH3 is 2. The first kappa shape index (κ1) is 13.5. The van der Waals surface area contributed by atoms with Crippen molar-refractivity contribution in [2.45, 2.75) is 25.3 Å². The summed E-state index contributed by atoms with van der Waals surface area (Å²) in [6.07, 6.45) is 0.821. The van der Waals surface area contributed by atoms with E-state index in [9.17, 15) is 4.79 Å². The number of hydrogen-bond acceptors (Lipinski definition) is 4. The summed E-state index contributed by atoms with van der Waals surface area (Å²) >= 11 is 0. The normalized spacial score (nSPS) is 13.9. The standard InChI is InChI=1S/C13H19NO3/c1-13(14,9-12(15)17-3)8-10-4-6-11(16-2)7-5-10/h4-7H,8-9,14H2,1-3H3. The molecule has 2 N–H and O–H groups in total. The molecule has 17 heavy (non-hydrogen) atoms. The van der Waals surface area contributed by atoms with E-state index in [-0.39, 0.29) is 12.4 Å². The zero-order valence-corrected chi connectivity index (χ0v) is 10.5. The van der Waals surface area contributed by atoms with Gasteiger partial charge in [-0.15, -0.1) is 0 Å². The van der Waals surface area contributed by atoms with E-state index in [2.05, 4.69) is 4.74 Å². The van der Waals surface area contributed by atoms with Crippen LogP contribution in [0.15, 0.2) is 24.3 Å². The number of esters is 1. The number of benzene rings is 1. The van der Waals surface area contributed by atoms with Crippen LogP contribution >= 0.6 is 0 Å². The highest BCUT2D eigenvalue weighted by Gasteiger charge is 2.23. The van der Waals surface area contributed by atoms with Crippen molar-refractivity contribution in [2.24, 2.45) is 5.73 Å². The lowest BCUT2D eigenvalue weighted by Crippen LogP contribution is -2.41. The second-order valence-corrected chi connectivity index (χ2v) is 4.43. The van der Waals surface area contributed by atoms with Crippen molar-refractivity contribution in [1.82, 2.24) is 0 Å². The molecule has 0 spiro atoms. The Kier molecular flexibility index (Phi) is 4.52. The molecule has 0 saturated heterocycles. The van der Waals surface area contributed by atoms with Crippen LogP contribution in [0.4, 0.5) is 0 Å². The Morgan fingerprint density at radius 2 is 1.88 bits per heavy atom. The SMILES string of the molecule is COC(=O)CC(C)(N)Cc1ccc(OC)cc1. The van der Waals surface area contributed by atoms with Crippen molar-refractivity contribution in [3.05, 3.63) is 29.8 Å². The van der Waals surface area contributed by atoms with Gasteiger partial charge >= 0.3 is 5.97 Å². The maximum atomic E-state index is 11.2. The van der Waals surface area contributed by atoms with Crippen molar-refractivity contribution in [3.8, 4) is 5.75 Å². The predicted octanol–water partition coefficient (Wildman–Crippen LogP) is 1.52. The van der Waals surface area contributed by atoms with Crippen LogP contribution in [-0.4, -0.2) is 25.7 Å². The van der Waals surface area contributed by atoms with Gasteiger partial charge in [0.2, 0.25) is 0 Å². The van der Waals surface area contributed by atoms with Gasteiger partial charge in [0.25, 0.3) is 0 Å². The van der Waals surface area contributed by atoms with E-state index in [4.69, 9.17) is 10.5 Å². The molecule has 0 aliphatic carbocycles. The van der Waals surface area contributed by atoms with E-state index >= 15 is 0 Å². The lowest BCUT2D eigenvalue weighted by molar-refractivity contribution is -0.141. The molecule has 1 unspecified atom stereocenters. The van der Waals surface area contributed by atoms with Crippen molar-refractivity contribution in [2.75, 3.05) is 14.2 Å². The molecule has 94 valence electrons. The van der Waals surface area contributed by atoms with Gasteiger partial charge < -0.3 is 15.2 Å². The number of ether oxygens (including phenoxy) is 2. The summed E-state index contributed by atoms with van der Waals surface area (Å²) in [5.74, 6) is 0.518. The summed E-state index contributed by atoms with van der Waals surface area (Å²) in [5, 5.41) is 0. The van der Waals surface area contributed by atoms with Crippen molar-refractivity contribution >= 4 is 5.97 Å². The van der Waals surface area contributed by atoms with Crippen molar-refractivity contribution in [1.29, 1.82) is 0 Å². The zero-order chi connectivity index (χ0) is 12.9. The Morgan fingerprint density at radius 3 is 2.35 bits per heavy atom. The van der Waals surface area contributed by atoms with Crippen LogP contribution in [0.25, 0.3) is 0 Å². The van der Waals surface area contributed by atoms with E-state index < -0.39 is 5.54 Å². The molecule has 4 nitrogen and oxygen atoms in total. The highest BCUT2D eigenvalue weighted by Crippen LogP contribution is 2.18. The molecule has 0 amide bonds. The molecule has 0 heterocycles. The van der Waals surface area contributed by atoms with Gasteiger partial charge in [0.15, 0.2) is 0 Å². The van der Waals surface area contributed by atoms with Crippen molar-refractivity contribution in [3.63, 3.8) is 0 Å². The Hall–Kier alpha value is -1.55. The second kappa shape index (κ2) is 5.68. The molecule has 0 bridgehead atoms. The summed E-state index contributed by atoms with van der Waals surface area (Å²) in [7, 11) is 2.99. The minimum atomic E-state index is -0.596. The molecule has 1 rings (SSSR count). The first-order valence-corrected chi connectivity index (χ1v) is 5.45. The lowest BCUT2D eigenvalue weighted by atomic mass is 9.91. The van der Waals surface area contributed by atoms with Crippen molar-refractivity contribution < 1.29 is 14.3 Å². The molecule has 0 aromatic heterocycles. The first-order valence-electron chi connectivity index (χ1n) is 5.45. The van der Waals surface area contributed by atoms with Crippen LogP contribution in [0.1, 0.15) is 18.9 Å². The quantitative estimate of drug-likeness (QED) is 0.789. The molecular formula is C13H19NO3. The van der Waals surface area contributed by atoms with E-state index in [1.165, 1.54) is 7.11 Å². The monoisotopic (exact) mass is 237 g/mol. The van der Waals surface area contributed by atoms with Gasteiger partial charge in [0.05, 0.1) is 20.6 Å². The fourth-order valence-electron chi connectivity index (χ4n) is 1.67. The molecule has 1 aromatic rings. The van der Waals surface area contributed by atoms with Gasteiger partial charge in [-0.3, -0.25) is 4.79 Å². The predicted molar refractivity (Wildman–Crippen MR) is 65.9 cm³/mol. The summed E-state index contributed by atoms with van der Waals surface area (Å²) < 4.78 is 9.70. The highest BCUT2D eigenvalue weighted by atomic mass is 16.5. The van der Waals surface area contributed by atoms with E-state index in [0.29, 0.717) is 6.42 Å². The van der Waals surface area contributed by atoms with Crippen LogP contribution in [0.3, 0.4) is 0 Å². The topological polar surface area (TPSA) is 61.5 Å². The van der Waals surface area contributed by atoms with E-state index in [1.807, 2.05) is 31.2 Å². The molecule has 0 radical (unpaired) electrons. The van der Waals surface area contributed by atoms with Crippen LogP contribution in [0.2, 0.25) is 0 Å². The number of rotatable bonds is 5. The average Bonchev–Trinajstić information content (AvgIpc) is 2.28. The maximum Gasteiger partial charge on any atom is 0.307 e. The van der Waals surface area contributed by atoms with Crippen LogP contribution in [0, 0.1) is 0 Å². The van der Waals surface area contributed by atoms with Gasteiger partial charge in [-0.05, 0) is 31.0 Å². The molecule has 0 aliphatic heterocycles.